The molecule has 0 atom stereocenters. The van der Waals surface area contributed by atoms with E-state index in [1.54, 1.807) is 32.3 Å². The Bertz CT molecular complexity index is 457. The molecule has 1 rings (SSSR count). The molecule has 0 aliphatic heterocycles. The number of halogens is 1. The smallest absolute Gasteiger partial charge is 0.316 e. The zero-order valence-electron chi connectivity index (χ0n) is 10.9. The van der Waals surface area contributed by atoms with Crippen LogP contribution in [-0.2, 0) is 0 Å². The van der Waals surface area contributed by atoms with Crippen LogP contribution in [0, 0.1) is 0 Å². The van der Waals surface area contributed by atoms with Gasteiger partial charge in [-0.05, 0) is 18.2 Å². The molecule has 0 spiro atoms. The molecule has 0 saturated carbocycles. The summed E-state index contributed by atoms with van der Waals surface area (Å²) in [6, 6.07) is 4.80. The van der Waals surface area contributed by atoms with Crippen LogP contribution in [-0.4, -0.2) is 44.0 Å². The molecule has 0 bridgehead atoms. The second kappa shape index (κ2) is 6.98. The lowest BCUT2D eigenvalue weighted by Crippen LogP contribution is -2.39. The molecule has 1 aromatic rings. The standard InChI is InChI=1S/C12H17BrN4O2/c1-17(2)12(19)16-4-3-15-11(18)8-5-9(13)7-10(14)6-8/h5-7H,3-4,14H2,1-2H3,(H,15,18)(H,16,19). The van der Waals surface area contributed by atoms with E-state index in [1.165, 1.54) is 4.90 Å². The molecule has 0 aliphatic rings. The van der Waals surface area contributed by atoms with Crippen LogP contribution in [0.5, 0.6) is 0 Å². The van der Waals surface area contributed by atoms with E-state index in [9.17, 15) is 9.59 Å². The average Bonchev–Trinajstić information content (AvgIpc) is 2.32. The van der Waals surface area contributed by atoms with Crippen LogP contribution in [0.1, 0.15) is 10.4 Å². The summed E-state index contributed by atoms with van der Waals surface area (Å²) in [6.07, 6.45) is 0. The Kier molecular flexibility index (Phi) is 5.62. The maximum absolute atomic E-state index is 11.8. The molecule has 19 heavy (non-hydrogen) atoms. The molecule has 1 aromatic carbocycles. The minimum atomic E-state index is -0.230. The van der Waals surface area contributed by atoms with Gasteiger partial charge in [0, 0.05) is 42.9 Å². The van der Waals surface area contributed by atoms with Gasteiger partial charge in [0.1, 0.15) is 0 Å². The van der Waals surface area contributed by atoms with Crippen molar-refractivity contribution in [2.24, 2.45) is 0 Å². The van der Waals surface area contributed by atoms with Gasteiger partial charge >= 0.3 is 6.03 Å². The quantitative estimate of drug-likeness (QED) is 0.570. The van der Waals surface area contributed by atoms with Gasteiger partial charge in [0.05, 0.1) is 0 Å². The molecule has 0 aliphatic carbocycles. The number of hydrogen-bond acceptors (Lipinski definition) is 3. The Morgan fingerprint density at radius 3 is 2.42 bits per heavy atom. The van der Waals surface area contributed by atoms with Crippen molar-refractivity contribution in [3.05, 3.63) is 28.2 Å². The highest BCUT2D eigenvalue weighted by atomic mass is 79.9. The summed E-state index contributed by atoms with van der Waals surface area (Å²) in [5.41, 5.74) is 6.64. The minimum absolute atomic E-state index is 0.194. The van der Waals surface area contributed by atoms with Crippen LogP contribution < -0.4 is 16.4 Å². The molecule has 4 N–H and O–H groups in total. The number of rotatable bonds is 4. The van der Waals surface area contributed by atoms with Crippen LogP contribution in [0.4, 0.5) is 10.5 Å². The summed E-state index contributed by atoms with van der Waals surface area (Å²) >= 11 is 3.28. The van der Waals surface area contributed by atoms with Gasteiger partial charge in [-0.25, -0.2) is 4.79 Å². The summed E-state index contributed by atoms with van der Waals surface area (Å²) in [7, 11) is 3.30. The van der Waals surface area contributed by atoms with E-state index < -0.39 is 0 Å². The average molecular weight is 329 g/mol. The van der Waals surface area contributed by atoms with E-state index in [-0.39, 0.29) is 11.9 Å². The number of amides is 3. The lowest BCUT2D eigenvalue weighted by molar-refractivity contribution is 0.0953. The van der Waals surface area contributed by atoms with E-state index in [0.29, 0.717) is 24.3 Å². The highest BCUT2D eigenvalue weighted by molar-refractivity contribution is 9.10. The number of anilines is 1. The molecule has 0 unspecified atom stereocenters. The van der Waals surface area contributed by atoms with Crippen molar-refractivity contribution in [1.29, 1.82) is 0 Å². The fourth-order valence-electron chi connectivity index (χ4n) is 1.35. The Morgan fingerprint density at radius 2 is 1.84 bits per heavy atom. The van der Waals surface area contributed by atoms with E-state index in [2.05, 4.69) is 26.6 Å². The summed E-state index contributed by atoms with van der Waals surface area (Å²) in [5.74, 6) is -0.230. The van der Waals surface area contributed by atoms with Crippen molar-refractivity contribution in [2.75, 3.05) is 32.9 Å². The molecular weight excluding hydrogens is 312 g/mol. The third kappa shape index (κ3) is 5.17. The third-order valence-electron chi connectivity index (χ3n) is 2.28. The lowest BCUT2D eigenvalue weighted by Gasteiger charge is -2.12. The molecule has 0 fully saturated rings. The second-order valence-corrected chi connectivity index (χ2v) is 5.07. The van der Waals surface area contributed by atoms with Gasteiger partial charge in [-0.15, -0.1) is 0 Å². The van der Waals surface area contributed by atoms with Gasteiger partial charge in [-0.1, -0.05) is 15.9 Å². The Balaban J connectivity index is 2.41. The Hall–Kier alpha value is -1.76. The first kappa shape index (κ1) is 15.3. The molecule has 0 radical (unpaired) electrons. The van der Waals surface area contributed by atoms with Crippen molar-refractivity contribution >= 4 is 33.6 Å². The van der Waals surface area contributed by atoms with Crippen LogP contribution in [0.15, 0.2) is 22.7 Å². The van der Waals surface area contributed by atoms with Crippen molar-refractivity contribution in [3.8, 4) is 0 Å². The monoisotopic (exact) mass is 328 g/mol. The fourth-order valence-corrected chi connectivity index (χ4v) is 1.86. The van der Waals surface area contributed by atoms with Gasteiger partial charge < -0.3 is 21.3 Å². The number of carbonyl (C=O) groups excluding carboxylic acids is 2. The molecule has 0 heterocycles. The molecule has 0 saturated heterocycles. The van der Waals surface area contributed by atoms with Crippen LogP contribution in [0.3, 0.4) is 0 Å². The van der Waals surface area contributed by atoms with Crippen LogP contribution in [0.25, 0.3) is 0 Å². The predicted octanol–water partition coefficient (Wildman–Crippen LogP) is 1.03. The number of hydrogen-bond donors (Lipinski definition) is 3. The molecule has 3 amide bonds. The molecular formula is C12H17BrN4O2. The largest absolute Gasteiger partial charge is 0.399 e. The summed E-state index contributed by atoms with van der Waals surface area (Å²) in [5, 5.41) is 5.35. The van der Waals surface area contributed by atoms with Gasteiger partial charge in [0.2, 0.25) is 0 Å². The van der Waals surface area contributed by atoms with Crippen LogP contribution in [0.2, 0.25) is 0 Å². The maximum Gasteiger partial charge on any atom is 0.316 e. The zero-order valence-corrected chi connectivity index (χ0v) is 12.5. The van der Waals surface area contributed by atoms with Crippen molar-refractivity contribution < 1.29 is 9.59 Å². The predicted molar refractivity (Wildman–Crippen MR) is 78.0 cm³/mol. The zero-order chi connectivity index (χ0) is 14.4. The number of nitrogens with zero attached hydrogens (tertiary/aromatic N) is 1. The topological polar surface area (TPSA) is 87.5 Å². The molecule has 0 aromatic heterocycles. The maximum atomic E-state index is 11.8. The minimum Gasteiger partial charge on any atom is -0.399 e. The normalized spacial score (nSPS) is 9.84. The Labute approximate surface area is 120 Å². The number of carbonyl (C=O) groups is 2. The molecule has 7 heteroatoms. The first-order valence-corrected chi connectivity index (χ1v) is 6.49. The fraction of sp³-hybridized carbons (Fsp3) is 0.333. The molecule has 6 nitrogen and oxygen atoms in total. The highest BCUT2D eigenvalue weighted by Gasteiger charge is 2.07. The number of nitrogen functional groups attached to an aromatic ring is 1. The first-order valence-electron chi connectivity index (χ1n) is 5.69. The van der Waals surface area contributed by atoms with Gasteiger partial charge in [0.25, 0.3) is 5.91 Å². The van der Waals surface area contributed by atoms with E-state index in [0.717, 1.165) is 4.47 Å². The van der Waals surface area contributed by atoms with Crippen molar-refractivity contribution in [3.63, 3.8) is 0 Å². The number of nitrogens with one attached hydrogen (secondary N) is 2. The SMILES string of the molecule is CN(C)C(=O)NCCNC(=O)c1cc(N)cc(Br)c1. The number of benzene rings is 1. The third-order valence-corrected chi connectivity index (χ3v) is 2.73. The second-order valence-electron chi connectivity index (χ2n) is 4.16. The van der Waals surface area contributed by atoms with Crippen molar-refractivity contribution in [1.82, 2.24) is 15.5 Å². The van der Waals surface area contributed by atoms with E-state index >= 15 is 0 Å². The summed E-state index contributed by atoms with van der Waals surface area (Å²) in [6.45, 7) is 0.719. The summed E-state index contributed by atoms with van der Waals surface area (Å²) < 4.78 is 0.749. The number of nitrogens with two attached hydrogens (primary N) is 1. The van der Waals surface area contributed by atoms with Gasteiger partial charge in [0.15, 0.2) is 0 Å². The van der Waals surface area contributed by atoms with E-state index in [1.807, 2.05) is 0 Å². The van der Waals surface area contributed by atoms with Crippen molar-refractivity contribution in [2.45, 2.75) is 0 Å². The highest BCUT2D eigenvalue weighted by Crippen LogP contribution is 2.17. The van der Waals surface area contributed by atoms with Crippen LogP contribution >= 0.6 is 15.9 Å². The van der Waals surface area contributed by atoms with Gasteiger partial charge in [-0.3, -0.25) is 4.79 Å². The summed E-state index contributed by atoms with van der Waals surface area (Å²) in [4.78, 5) is 24.5. The lowest BCUT2D eigenvalue weighted by atomic mass is 10.2. The first-order chi connectivity index (χ1) is 8.90. The molecule has 104 valence electrons. The number of urea groups is 1. The Morgan fingerprint density at radius 1 is 1.21 bits per heavy atom. The van der Waals surface area contributed by atoms with E-state index in [4.69, 9.17) is 5.73 Å². The van der Waals surface area contributed by atoms with Gasteiger partial charge in [-0.2, -0.15) is 0 Å².